The first-order chi connectivity index (χ1) is 13.8. The van der Waals surface area contributed by atoms with Gasteiger partial charge in [-0.15, -0.1) is 0 Å². The van der Waals surface area contributed by atoms with Crippen LogP contribution < -0.4 is 5.73 Å². The molecule has 0 bridgehead atoms. The van der Waals surface area contributed by atoms with E-state index in [0.29, 0.717) is 37.0 Å². The maximum atomic E-state index is 14.9. The molecule has 1 amide bonds. The molecule has 0 spiro atoms. The number of nitrogens with two attached hydrogens (primary N) is 1. The molecule has 2 rings (SSSR count). The summed E-state index contributed by atoms with van der Waals surface area (Å²) in [4.78, 5) is 17.7. The first kappa shape index (κ1) is 23.8. The van der Waals surface area contributed by atoms with Gasteiger partial charge in [-0.3, -0.25) is 9.69 Å². The van der Waals surface area contributed by atoms with E-state index in [2.05, 4.69) is 37.5 Å². The van der Waals surface area contributed by atoms with Crippen molar-refractivity contribution in [2.24, 2.45) is 5.73 Å². The Bertz CT molecular complexity index is 633. The van der Waals surface area contributed by atoms with Gasteiger partial charge < -0.3 is 10.6 Å². The number of primary amides is 1. The van der Waals surface area contributed by atoms with E-state index in [9.17, 15) is 9.18 Å². The van der Waals surface area contributed by atoms with E-state index >= 15 is 0 Å². The largest absolute Gasteiger partial charge is 0.369 e. The summed E-state index contributed by atoms with van der Waals surface area (Å²) >= 11 is 0. The highest BCUT2D eigenvalue weighted by Gasteiger charge is 2.41. The SMILES string of the molecule is CC(C)N(CCC(CCN1CCCCCC1)(C(N)=O)c1ccccc1F)C(C)C. The number of benzene rings is 1. The molecule has 1 fully saturated rings. The lowest BCUT2D eigenvalue weighted by Gasteiger charge is -2.38. The number of hydrogen-bond acceptors (Lipinski definition) is 3. The Morgan fingerprint density at radius 3 is 2.17 bits per heavy atom. The van der Waals surface area contributed by atoms with Crippen LogP contribution in [0.3, 0.4) is 0 Å². The number of likely N-dealkylation sites (tertiary alicyclic amines) is 1. The average molecular weight is 406 g/mol. The molecule has 1 aromatic carbocycles. The predicted molar refractivity (Wildman–Crippen MR) is 118 cm³/mol. The van der Waals surface area contributed by atoms with Gasteiger partial charge in [0.2, 0.25) is 5.91 Å². The molecule has 29 heavy (non-hydrogen) atoms. The van der Waals surface area contributed by atoms with Crippen molar-refractivity contribution in [2.45, 2.75) is 83.7 Å². The minimum Gasteiger partial charge on any atom is -0.369 e. The first-order valence-electron chi connectivity index (χ1n) is 11.3. The van der Waals surface area contributed by atoms with E-state index in [1.807, 2.05) is 6.07 Å². The van der Waals surface area contributed by atoms with Gasteiger partial charge in [0.15, 0.2) is 0 Å². The fraction of sp³-hybridized carbons (Fsp3) is 0.708. The van der Waals surface area contributed by atoms with Crippen molar-refractivity contribution in [3.8, 4) is 0 Å². The lowest BCUT2D eigenvalue weighted by atomic mass is 9.73. The molecule has 0 radical (unpaired) electrons. The maximum absolute atomic E-state index is 14.9. The molecule has 1 saturated heterocycles. The molecule has 1 aliphatic rings. The summed E-state index contributed by atoms with van der Waals surface area (Å²) in [5.41, 5.74) is 5.48. The third-order valence-corrected chi connectivity index (χ3v) is 6.54. The summed E-state index contributed by atoms with van der Waals surface area (Å²) in [6.45, 7) is 12.2. The summed E-state index contributed by atoms with van der Waals surface area (Å²) in [6, 6.07) is 7.39. The average Bonchev–Trinajstić information content (AvgIpc) is 2.93. The van der Waals surface area contributed by atoms with Crippen LogP contribution in [0.5, 0.6) is 0 Å². The van der Waals surface area contributed by atoms with Gasteiger partial charge >= 0.3 is 0 Å². The highest BCUT2D eigenvalue weighted by molar-refractivity contribution is 5.86. The minimum atomic E-state index is -0.986. The van der Waals surface area contributed by atoms with Gasteiger partial charge in [0.25, 0.3) is 0 Å². The molecule has 4 nitrogen and oxygen atoms in total. The van der Waals surface area contributed by atoms with Crippen molar-refractivity contribution >= 4 is 5.91 Å². The van der Waals surface area contributed by atoms with Crippen LogP contribution >= 0.6 is 0 Å². The van der Waals surface area contributed by atoms with E-state index in [4.69, 9.17) is 5.73 Å². The highest BCUT2D eigenvalue weighted by atomic mass is 19.1. The monoisotopic (exact) mass is 405 g/mol. The zero-order chi connectivity index (χ0) is 21.4. The molecule has 0 saturated carbocycles. The van der Waals surface area contributed by atoms with Crippen LogP contribution in [0.2, 0.25) is 0 Å². The normalized spacial score (nSPS) is 18.2. The lowest BCUT2D eigenvalue weighted by Crippen LogP contribution is -2.48. The number of nitrogens with zero attached hydrogens (tertiary/aromatic N) is 2. The molecule has 1 atom stereocenters. The van der Waals surface area contributed by atoms with Gasteiger partial charge in [0, 0.05) is 24.2 Å². The fourth-order valence-electron chi connectivity index (χ4n) is 4.76. The van der Waals surface area contributed by atoms with Crippen LogP contribution in [-0.2, 0) is 10.2 Å². The summed E-state index contributed by atoms with van der Waals surface area (Å²) < 4.78 is 14.9. The maximum Gasteiger partial charge on any atom is 0.228 e. The van der Waals surface area contributed by atoms with Crippen LogP contribution in [-0.4, -0.2) is 54.0 Å². The number of hydrogen-bond donors (Lipinski definition) is 1. The molecule has 1 unspecified atom stereocenters. The zero-order valence-corrected chi connectivity index (χ0v) is 18.8. The Kier molecular flexibility index (Phi) is 9.09. The second-order valence-corrected chi connectivity index (χ2v) is 9.11. The van der Waals surface area contributed by atoms with Gasteiger partial charge in [-0.25, -0.2) is 4.39 Å². The highest BCUT2D eigenvalue weighted by Crippen LogP contribution is 2.35. The fourth-order valence-corrected chi connectivity index (χ4v) is 4.76. The van der Waals surface area contributed by atoms with E-state index in [1.54, 1.807) is 12.1 Å². The molecule has 164 valence electrons. The van der Waals surface area contributed by atoms with Crippen LogP contribution in [0.4, 0.5) is 4.39 Å². The molecular weight excluding hydrogens is 365 g/mol. The lowest BCUT2D eigenvalue weighted by molar-refractivity contribution is -0.124. The quantitative estimate of drug-likeness (QED) is 0.630. The first-order valence-corrected chi connectivity index (χ1v) is 11.3. The van der Waals surface area contributed by atoms with Crippen LogP contribution in [0, 0.1) is 5.82 Å². The van der Waals surface area contributed by atoms with Crippen LogP contribution in [0.1, 0.15) is 71.8 Å². The summed E-state index contributed by atoms with van der Waals surface area (Å²) in [6.07, 6.45) is 6.02. The molecule has 0 aromatic heterocycles. The molecule has 1 aliphatic heterocycles. The van der Waals surface area contributed by atoms with Crippen molar-refractivity contribution < 1.29 is 9.18 Å². The van der Waals surface area contributed by atoms with Gasteiger partial charge in [-0.1, -0.05) is 31.0 Å². The third-order valence-electron chi connectivity index (χ3n) is 6.54. The Balaban J connectivity index is 2.31. The smallest absolute Gasteiger partial charge is 0.228 e. The van der Waals surface area contributed by atoms with Gasteiger partial charge in [0.05, 0.1) is 5.41 Å². The molecular formula is C24H40FN3O. The summed E-state index contributed by atoms with van der Waals surface area (Å²) in [5.74, 6) is -0.743. The Labute approximate surface area is 176 Å². The van der Waals surface area contributed by atoms with Crippen molar-refractivity contribution in [3.05, 3.63) is 35.6 Å². The van der Waals surface area contributed by atoms with Crippen molar-refractivity contribution in [3.63, 3.8) is 0 Å². The van der Waals surface area contributed by atoms with Gasteiger partial charge in [0.1, 0.15) is 5.82 Å². The summed E-state index contributed by atoms with van der Waals surface area (Å²) in [7, 11) is 0. The number of amides is 1. The third kappa shape index (κ3) is 6.26. The van der Waals surface area contributed by atoms with Crippen molar-refractivity contribution in [2.75, 3.05) is 26.2 Å². The molecule has 2 N–H and O–H groups in total. The Morgan fingerprint density at radius 1 is 1.07 bits per heavy atom. The minimum absolute atomic E-state index is 0.331. The van der Waals surface area contributed by atoms with E-state index in [-0.39, 0.29) is 5.82 Å². The Hall–Kier alpha value is -1.46. The number of carbonyl (C=O) groups excluding carboxylic acids is 1. The van der Waals surface area contributed by atoms with Crippen molar-refractivity contribution in [1.29, 1.82) is 0 Å². The molecule has 1 aromatic rings. The number of halogens is 1. The molecule has 0 aliphatic carbocycles. The second-order valence-electron chi connectivity index (χ2n) is 9.11. The van der Waals surface area contributed by atoms with E-state index in [1.165, 1.54) is 31.7 Å². The topological polar surface area (TPSA) is 49.6 Å². The summed E-state index contributed by atoms with van der Waals surface area (Å²) in [5, 5.41) is 0. The number of rotatable bonds is 10. The van der Waals surface area contributed by atoms with Crippen LogP contribution in [0.15, 0.2) is 24.3 Å². The van der Waals surface area contributed by atoms with Gasteiger partial charge in [-0.05, 0) is 79.1 Å². The molecule has 1 heterocycles. The van der Waals surface area contributed by atoms with E-state index in [0.717, 1.165) is 19.6 Å². The van der Waals surface area contributed by atoms with Gasteiger partial charge in [-0.2, -0.15) is 0 Å². The predicted octanol–water partition coefficient (Wildman–Crippen LogP) is 4.32. The van der Waals surface area contributed by atoms with Crippen LogP contribution in [0.25, 0.3) is 0 Å². The number of carbonyl (C=O) groups is 1. The van der Waals surface area contributed by atoms with Crippen molar-refractivity contribution in [1.82, 2.24) is 9.80 Å². The molecule has 5 heteroatoms. The standard InChI is InChI=1S/C24H40FN3O/c1-19(2)28(20(3)4)18-14-24(23(26)29,21-11-7-8-12-22(21)25)13-17-27-15-9-5-6-10-16-27/h7-8,11-12,19-20H,5-6,9-10,13-18H2,1-4H3,(H2,26,29). The van der Waals surface area contributed by atoms with E-state index < -0.39 is 11.3 Å². The zero-order valence-electron chi connectivity index (χ0n) is 18.8. The second kappa shape index (κ2) is 11.1. The Morgan fingerprint density at radius 2 is 1.66 bits per heavy atom.